The summed E-state index contributed by atoms with van der Waals surface area (Å²) >= 11 is 0. The largest absolute Gasteiger partial charge is 0.494 e. The van der Waals surface area contributed by atoms with Crippen molar-refractivity contribution in [1.29, 1.82) is 0 Å². The number of aromatic nitrogens is 2. The lowest BCUT2D eigenvalue weighted by Crippen LogP contribution is -2.52. The van der Waals surface area contributed by atoms with Gasteiger partial charge in [0.15, 0.2) is 0 Å². The number of carbonyl (C=O) groups excluding carboxylic acids is 4. The third kappa shape index (κ3) is 12.4. The van der Waals surface area contributed by atoms with Crippen molar-refractivity contribution in [3.8, 4) is 11.5 Å². The highest BCUT2D eigenvalue weighted by atomic mass is 32.2. The minimum Gasteiger partial charge on any atom is -0.494 e. The number of benzene rings is 4. The fourth-order valence-electron chi connectivity index (χ4n) is 7.22. The molecule has 0 bridgehead atoms. The molecule has 346 valence electrons. The fraction of sp³-hybridized carbons (Fsp3) is 0.319. The molecule has 5 aromatic rings. The number of anilines is 4. The van der Waals surface area contributed by atoms with E-state index in [0.29, 0.717) is 54.9 Å². The molecule has 1 fully saturated rings. The Morgan fingerprint density at radius 2 is 1.70 bits per heavy atom. The minimum absolute atomic E-state index is 0.0640. The molecule has 0 unspecified atom stereocenters. The van der Waals surface area contributed by atoms with Crippen molar-refractivity contribution in [2.24, 2.45) is 0 Å². The molecule has 19 heteroatoms. The SMILES string of the molecule is Cc1cnc(Nc2ccc(OCCCNCC(=O)NCc3ccc(COc4cc(F)cc5c4CN([C@H]4CCC(=O)NC4=O)C5=O)cc3)cc2)nc1Nc1cccc(S(=O)(=O)NC(C)(C)C)c1. The van der Waals surface area contributed by atoms with Crippen molar-refractivity contribution in [3.63, 3.8) is 0 Å². The van der Waals surface area contributed by atoms with Gasteiger partial charge in [-0.05, 0) is 107 Å². The molecule has 4 aromatic carbocycles. The highest BCUT2D eigenvalue weighted by molar-refractivity contribution is 7.89. The van der Waals surface area contributed by atoms with Crippen molar-refractivity contribution in [2.75, 3.05) is 30.3 Å². The summed E-state index contributed by atoms with van der Waals surface area (Å²) in [6, 6.07) is 22.8. The molecule has 1 aromatic heterocycles. The summed E-state index contributed by atoms with van der Waals surface area (Å²) in [5.41, 5.74) is 3.72. The van der Waals surface area contributed by atoms with Crippen LogP contribution in [0.4, 0.5) is 27.5 Å². The monoisotopic (exact) mass is 921 g/mol. The quantitative estimate of drug-likeness (QED) is 0.0446. The molecular weight excluding hydrogens is 870 g/mol. The number of hydrogen-bond acceptors (Lipinski definition) is 13. The van der Waals surface area contributed by atoms with Crippen LogP contribution >= 0.6 is 0 Å². The molecule has 2 aliphatic rings. The molecule has 0 saturated carbocycles. The topological polar surface area (TPSA) is 222 Å². The van der Waals surface area contributed by atoms with Gasteiger partial charge in [0.25, 0.3) is 5.91 Å². The van der Waals surface area contributed by atoms with Gasteiger partial charge < -0.3 is 35.6 Å². The van der Waals surface area contributed by atoms with Crippen LogP contribution in [-0.4, -0.2) is 78.2 Å². The predicted molar refractivity (Wildman–Crippen MR) is 244 cm³/mol. The number of halogens is 1. The highest BCUT2D eigenvalue weighted by Crippen LogP contribution is 2.35. The summed E-state index contributed by atoms with van der Waals surface area (Å²) in [5, 5.41) is 14.7. The van der Waals surface area contributed by atoms with Gasteiger partial charge in [-0.3, -0.25) is 24.5 Å². The first-order valence-electron chi connectivity index (χ1n) is 21.4. The van der Waals surface area contributed by atoms with E-state index in [1.807, 2.05) is 55.5 Å². The molecule has 0 aliphatic carbocycles. The van der Waals surface area contributed by atoms with Gasteiger partial charge in [-0.25, -0.2) is 22.5 Å². The second-order valence-electron chi connectivity index (χ2n) is 17.0. The van der Waals surface area contributed by atoms with E-state index < -0.39 is 39.2 Å². The number of carbonyl (C=O) groups is 4. The van der Waals surface area contributed by atoms with Crippen molar-refractivity contribution < 1.29 is 41.5 Å². The normalized spacial score (nSPS) is 15.0. The maximum Gasteiger partial charge on any atom is 0.255 e. The van der Waals surface area contributed by atoms with E-state index in [1.165, 1.54) is 17.0 Å². The van der Waals surface area contributed by atoms with Gasteiger partial charge in [0.2, 0.25) is 33.7 Å². The first-order chi connectivity index (χ1) is 31.5. The van der Waals surface area contributed by atoms with Gasteiger partial charge in [-0.15, -0.1) is 0 Å². The van der Waals surface area contributed by atoms with Crippen LogP contribution in [0.5, 0.6) is 11.5 Å². The lowest BCUT2D eigenvalue weighted by molar-refractivity contribution is -0.137. The number of sulfonamides is 1. The van der Waals surface area contributed by atoms with E-state index in [9.17, 15) is 32.0 Å². The van der Waals surface area contributed by atoms with Crippen LogP contribution in [0.2, 0.25) is 0 Å². The Hall–Kier alpha value is -6.96. The Bertz CT molecular complexity index is 2710. The molecule has 0 spiro atoms. The number of amides is 4. The molecule has 4 amide bonds. The van der Waals surface area contributed by atoms with Crippen molar-refractivity contribution in [2.45, 2.75) is 83.1 Å². The lowest BCUT2D eigenvalue weighted by Gasteiger charge is -2.29. The number of ether oxygens (including phenoxy) is 2. The van der Waals surface area contributed by atoms with Crippen LogP contribution in [0, 0.1) is 12.7 Å². The first kappa shape index (κ1) is 47.0. The number of hydrogen-bond donors (Lipinski definition) is 6. The van der Waals surface area contributed by atoms with Gasteiger partial charge >= 0.3 is 0 Å². The number of nitrogens with zero attached hydrogens (tertiary/aromatic N) is 3. The third-order valence-corrected chi connectivity index (χ3v) is 12.2. The smallest absolute Gasteiger partial charge is 0.255 e. The molecule has 66 heavy (non-hydrogen) atoms. The number of rotatable bonds is 19. The van der Waals surface area contributed by atoms with Crippen LogP contribution in [0.15, 0.2) is 96.0 Å². The van der Waals surface area contributed by atoms with Crippen LogP contribution in [0.25, 0.3) is 0 Å². The van der Waals surface area contributed by atoms with Crippen LogP contribution < -0.4 is 40.8 Å². The standard InChI is InChI=1S/C47H52FN9O8S/c1-29-24-51-46(55-43(29)52-34-7-5-8-36(23-34)66(62,63)56-47(2,3)4)53-33-13-15-35(16-14-33)64-20-6-19-49-26-42(59)50-25-30-9-11-31(12-10-30)28-65-40-22-32(48)21-37-38(40)27-57(45(37)61)39-17-18-41(58)54-44(39)60/h5,7-16,21-24,39,49,56H,6,17-20,25-28H2,1-4H3,(H,50,59)(H,54,58,60)(H2,51,52,53,55)/t39-/m0/s1. The minimum atomic E-state index is -3.72. The average Bonchev–Trinajstić information content (AvgIpc) is 3.59. The zero-order valence-electron chi connectivity index (χ0n) is 37.0. The van der Waals surface area contributed by atoms with Gasteiger partial charge in [0, 0.05) is 53.3 Å². The van der Waals surface area contributed by atoms with E-state index in [4.69, 9.17) is 9.47 Å². The molecule has 7 rings (SSSR count). The third-order valence-electron chi connectivity index (χ3n) is 10.5. The fourth-order valence-corrected chi connectivity index (χ4v) is 8.69. The molecular formula is C47H52FN9O8S. The Morgan fingerprint density at radius 3 is 2.44 bits per heavy atom. The highest BCUT2D eigenvalue weighted by Gasteiger charge is 2.40. The molecule has 1 atom stereocenters. The molecule has 6 N–H and O–H groups in total. The van der Waals surface area contributed by atoms with Gasteiger partial charge in [0.05, 0.1) is 30.2 Å². The van der Waals surface area contributed by atoms with E-state index >= 15 is 0 Å². The predicted octanol–water partition coefficient (Wildman–Crippen LogP) is 5.50. The zero-order valence-corrected chi connectivity index (χ0v) is 37.8. The van der Waals surface area contributed by atoms with Crippen LogP contribution in [-0.2, 0) is 44.1 Å². The Morgan fingerprint density at radius 1 is 0.939 bits per heavy atom. The summed E-state index contributed by atoms with van der Waals surface area (Å²) in [6.45, 7) is 8.82. The number of nitrogens with one attached hydrogen (secondary N) is 6. The Balaban J connectivity index is 0.787. The van der Waals surface area contributed by atoms with E-state index in [2.05, 4.69) is 41.3 Å². The molecule has 3 heterocycles. The number of aryl methyl sites for hydroxylation is 1. The van der Waals surface area contributed by atoms with E-state index in [0.717, 1.165) is 28.4 Å². The second kappa shape index (κ2) is 20.5. The first-order valence-corrected chi connectivity index (χ1v) is 22.9. The molecule has 0 radical (unpaired) electrons. The Labute approximate surface area is 382 Å². The summed E-state index contributed by atoms with van der Waals surface area (Å²) < 4.78 is 54.8. The van der Waals surface area contributed by atoms with Crippen LogP contribution in [0.1, 0.15) is 72.6 Å². The van der Waals surface area contributed by atoms with Gasteiger partial charge in [-0.1, -0.05) is 30.3 Å². The lowest BCUT2D eigenvalue weighted by atomic mass is 10.0. The number of fused-ring (bicyclic) bond motifs is 1. The second-order valence-corrected chi connectivity index (χ2v) is 18.7. The van der Waals surface area contributed by atoms with Crippen molar-refractivity contribution in [3.05, 3.63) is 125 Å². The number of imide groups is 1. The molecule has 17 nitrogen and oxygen atoms in total. The summed E-state index contributed by atoms with van der Waals surface area (Å²) in [7, 11) is -3.72. The zero-order chi connectivity index (χ0) is 47.0. The van der Waals surface area contributed by atoms with Gasteiger partial charge in [0.1, 0.15) is 35.8 Å². The van der Waals surface area contributed by atoms with E-state index in [-0.39, 0.29) is 60.6 Å². The number of piperidine rings is 1. The summed E-state index contributed by atoms with van der Waals surface area (Å²) in [6.07, 6.45) is 2.65. The van der Waals surface area contributed by atoms with E-state index in [1.54, 1.807) is 45.2 Å². The summed E-state index contributed by atoms with van der Waals surface area (Å²) in [4.78, 5) is 60.1. The average molecular weight is 922 g/mol. The maximum atomic E-state index is 14.5. The Kier molecular flexibility index (Phi) is 14.6. The maximum absolute atomic E-state index is 14.5. The van der Waals surface area contributed by atoms with Crippen molar-refractivity contribution >= 4 is 56.8 Å². The van der Waals surface area contributed by atoms with Gasteiger partial charge in [-0.2, -0.15) is 4.98 Å². The molecule has 1 saturated heterocycles. The van der Waals surface area contributed by atoms with Crippen molar-refractivity contribution in [1.82, 2.24) is 35.5 Å². The molecule has 2 aliphatic heterocycles. The summed E-state index contributed by atoms with van der Waals surface area (Å²) in [5.74, 6) is -0.472. The van der Waals surface area contributed by atoms with Crippen LogP contribution in [0.3, 0.4) is 0 Å².